The van der Waals surface area contributed by atoms with Crippen molar-refractivity contribution in [2.24, 2.45) is 0 Å². The van der Waals surface area contributed by atoms with Crippen molar-refractivity contribution in [3.05, 3.63) is 47.9 Å². The van der Waals surface area contributed by atoms with E-state index in [1.54, 1.807) is 35.6 Å². The van der Waals surface area contributed by atoms with Crippen LogP contribution in [0.5, 0.6) is 5.88 Å². The fraction of sp³-hybridized carbons (Fsp3) is 0.312. The van der Waals surface area contributed by atoms with Crippen molar-refractivity contribution in [1.82, 2.24) is 9.97 Å². The first-order chi connectivity index (χ1) is 10.1. The molecule has 0 fully saturated rings. The molecule has 2 aromatic rings. The molecular formula is C16H17N3O2. The number of hydrogen-bond donors (Lipinski definition) is 0. The molecule has 0 aliphatic carbocycles. The lowest BCUT2D eigenvalue weighted by Crippen LogP contribution is -2.29. The van der Waals surface area contributed by atoms with E-state index in [0.29, 0.717) is 18.0 Å². The molecule has 0 saturated heterocycles. The molecule has 108 valence electrons. The molecule has 3 rings (SSSR count). The van der Waals surface area contributed by atoms with Crippen LogP contribution < -0.4 is 9.64 Å². The van der Waals surface area contributed by atoms with Gasteiger partial charge in [0.25, 0.3) is 5.91 Å². The molecule has 3 heterocycles. The Kier molecular flexibility index (Phi) is 3.56. The van der Waals surface area contributed by atoms with Crippen molar-refractivity contribution in [1.29, 1.82) is 0 Å². The number of nitrogens with zero attached hydrogens (tertiary/aromatic N) is 3. The summed E-state index contributed by atoms with van der Waals surface area (Å²) in [5.74, 6) is 0.482. The summed E-state index contributed by atoms with van der Waals surface area (Å²) in [6.45, 7) is 4.56. The lowest BCUT2D eigenvalue weighted by atomic mass is 10.2. The SMILES string of the molecule is CC(C)Oc1ccc(C(=O)N2CCc3ccncc32)cn1. The molecule has 1 amide bonds. The van der Waals surface area contributed by atoms with E-state index in [1.165, 1.54) is 0 Å². The Morgan fingerprint density at radius 3 is 2.86 bits per heavy atom. The summed E-state index contributed by atoms with van der Waals surface area (Å²) >= 11 is 0. The monoisotopic (exact) mass is 283 g/mol. The highest BCUT2D eigenvalue weighted by Crippen LogP contribution is 2.28. The van der Waals surface area contributed by atoms with Gasteiger partial charge in [0.2, 0.25) is 5.88 Å². The van der Waals surface area contributed by atoms with Crippen molar-refractivity contribution in [3.63, 3.8) is 0 Å². The first-order valence-corrected chi connectivity index (χ1v) is 7.02. The van der Waals surface area contributed by atoms with Gasteiger partial charge in [-0.1, -0.05) is 0 Å². The van der Waals surface area contributed by atoms with Gasteiger partial charge in [0, 0.05) is 25.0 Å². The Balaban J connectivity index is 1.80. The second-order valence-corrected chi connectivity index (χ2v) is 5.26. The molecule has 0 unspecified atom stereocenters. The van der Waals surface area contributed by atoms with Crippen LogP contribution in [0.15, 0.2) is 36.8 Å². The van der Waals surface area contributed by atoms with Crippen LogP contribution in [0.3, 0.4) is 0 Å². The van der Waals surface area contributed by atoms with Crippen LogP contribution in [0.25, 0.3) is 0 Å². The number of aromatic nitrogens is 2. The summed E-state index contributed by atoms with van der Waals surface area (Å²) in [7, 11) is 0. The molecule has 0 saturated carbocycles. The molecule has 5 heteroatoms. The lowest BCUT2D eigenvalue weighted by Gasteiger charge is -2.17. The highest BCUT2D eigenvalue weighted by atomic mass is 16.5. The molecule has 0 aromatic carbocycles. The number of ether oxygens (including phenoxy) is 1. The minimum atomic E-state index is -0.0506. The van der Waals surface area contributed by atoms with Crippen LogP contribution in [-0.4, -0.2) is 28.5 Å². The van der Waals surface area contributed by atoms with E-state index in [1.807, 2.05) is 19.9 Å². The highest BCUT2D eigenvalue weighted by molar-refractivity contribution is 6.07. The van der Waals surface area contributed by atoms with Gasteiger partial charge in [-0.25, -0.2) is 4.98 Å². The quantitative estimate of drug-likeness (QED) is 0.868. The fourth-order valence-electron chi connectivity index (χ4n) is 2.41. The van der Waals surface area contributed by atoms with Crippen LogP contribution in [0.4, 0.5) is 5.69 Å². The highest BCUT2D eigenvalue weighted by Gasteiger charge is 2.25. The molecule has 5 nitrogen and oxygen atoms in total. The Hall–Kier alpha value is -2.43. The van der Waals surface area contributed by atoms with Crippen molar-refractivity contribution in [3.8, 4) is 5.88 Å². The molecule has 0 radical (unpaired) electrons. The second-order valence-electron chi connectivity index (χ2n) is 5.26. The third-order valence-electron chi connectivity index (χ3n) is 3.37. The van der Waals surface area contributed by atoms with Crippen molar-refractivity contribution in [2.45, 2.75) is 26.4 Å². The summed E-state index contributed by atoms with van der Waals surface area (Å²) in [6, 6.07) is 5.44. The van der Waals surface area contributed by atoms with Crippen molar-refractivity contribution >= 4 is 11.6 Å². The number of fused-ring (bicyclic) bond motifs is 1. The maximum atomic E-state index is 12.6. The standard InChI is InChI=1S/C16H17N3O2/c1-11(2)21-15-4-3-13(9-18-15)16(20)19-8-6-12-5-7-17-10-14(12)19/h3-5,7,9-11H,6,8H2,1-2H3. The predicted octanol–water partition coefficient (Wildman–Crippen LogP) is 2.47. The van der Waals surface area contributed by atoms with Gasteiger partial charge in [0.15, 0.2) is 0 Å². The number of pyridine rings is 2. The van der Waals surface area contributed by atoms with Crippen LogP contribution in [-0.2, 0) is 6.42 Å². The van der Waals surface area contributed by atoms with Gasteiger partial charge in [0.1, 0.15) is 0 Å². The number of carbonyl (C=O) groups is 1. The van der Waals surface area contributed by atoms with Gasteiger partial charge >= 0.3 is 0 Å². The van der Waals surface area contributed by atoms with E-state index in [2.05, 4.69) is 9.97 Å². The fourth-order valence-corrected chi connectivity index (χ4v) is 2.41. The van der Waals surface area contributed by atoms with Gasteiger partial charge in [-0.2, -0.15) is 0 Å². The average molecular weight is 283 g/mol. The molecule has 1 aliphatic rings. The predicted molar refractivity (Wildman–Crippen MR) is 79.6 cm³/mol. The maximum absolute atomic E-state index is 12.6. The summed E-state index contributed by atoms with van der Waals surface area (Å²) in [6.07, 6.45) is 5.99. The number of hydrogen-bond acceptors (Lipinski definition) is 4. The smallest absolute Gasteiger partial charge is 0.259 e. The van der Waals surface area contributed by atoms with Crippen LogP contribution in [0.1, 0.15) is 29.8 Å². The number of anilines is 1. The zero-order valence-corrected chi connectivity index (χ0v) is 12.1. The summed E-state index contributed by atoms with van der Waals surface area (Å²) in [4.78, 5) is 22.6. The third-order valence-corrected chi connectivity index (χ3v) is 3.37. The number of amides is 1. The summed E-state index contributed by atoms with van der Waals surface area (Å²) < 4.78 is 5.48. The molecule has 2 aromatic heterocycles. The second kappa shape index (κ2) is 5.52. The van der Waals surface area contributed by atoms with Crippen molar-refractivity contribution in [2.75, 3.05) is 11.4 Å². The average Bonchev–Trinajstić information content (AvgIpc) is 2.90. The minimum absolute atomic E-state index is 0.0506. The zero-order chi connectivity index (χ0) is 14.8. The molecule has 0 N–H and O–H groups in total. The Morgan fingerprint density at radius 1 is 1.29 bits per heavy atom. The van der Waals surface area contributed by atoms with Gasteiger partial charge < -0.3 is 9.64 Å². The topological polar surface area (TPSA) is 55.3 Å². The van der Waals surface area contributed by atoms with E-state index in [4.69, 9.17) is 4.74 Å². The van der Waals surface area contributed by atoms with E-state index in [9.17, 15) is 4.79 Å². The zero-order valence-electron chi connectivity index (χ0n) is 12.1. The van der Waals surface area contributed by atoms with E-state index in [-0.39, 0.29) is 12.0 Å². The minimum Gasteiger partial charge on any atom is -0.475 e. The molecule has 0 spiro atoms. The number of rotatable bonds is 3. The van der Waals surface area contributed by atoms with Crippen LogP contribution in [0.2, 0.25) is 0 Å². The molecule has 0 atom stereocenters. The normalized spacial score (nSPS) is 13.4. The van der Waals surface area contributed by atoms with Crippen LogP contribution >= 0.6 is 0 Å². The number of carbonyl (C=O) groups excluding carboxylic acids is 1. The maximum Gasteiger partial charge on any atom is 0.259 e. The summed E-state index contributed by atoms with van der Waals surface area (Å²) in [5, 5.41) is 0. The van der Waals surface area contributed by atoms with Crippen LogP contribution in [0, 0.1) is 0 Å². The van der Waals surface area contributed by atoms with Crippen molar-refractivity contribution < 1.29 is 9.53 Å². The molecule has 1 aliphatic heterocycles. The third kappa shape index (κ3) is 2.72. The molecule has 0 bridgehead atoms. The lowest BCUT2D eigenvalue weighted by molar-refractivity contribution is 0.0989. The largest absolute Gasteiger partial charge is 0.475 e. The van der Waals surface area contributed by atoms with Gasteiger partial charge in [0.05, 0.1) is 23.6 Å². The van der Waals surface area contributed by atoms with E-state index < -0.39 is 0 Å². The first-order valence-electron chi connectivity index (χ1n) is 7.02. The van der Waals surface area contributed by atoms with Gasteiger partial charge in [-0.3, -0.25) is 9.78 Å². The Labute approximate surface area is 123 Å². The summed E-state index contributed by atoms with van der Waals surface area (Å²) in [5.41, 5.74) is 2.61. The van der Waals surface area contributed by atoms with Gasteiger partial charge in [-0.15, -0.1) is 0 Å². The van der Waals surface area contributed by atoms with E-state index >= 15 is 0 Å². The Morgan fingerprint density at radius 2 is 2.14 bits per heavy atom. The Bertz CT molecular complexity index is 653. The van der Waals surface area contributed by atoms with E-state index in [0.717, 1.165) is 17.7 Å². The molecule has 21 heavy (non-hydrogen) atoms. The first kappa shape index (κ1) is 13.5. The molecular weight excluding hydrogens is 266 g/mol. The van der Waals surface area contributed by atoms with Gasteiger partial charge in [-0.05, 0) is 38.0 Å².